The summed E-state index contributed by atoms with van der Waals surface area (Å²) in [7, 11) is 0. The molecule has 138 valence electrons. The van der Waals surface area contributed by atoms with E-state index in [9.17, 15) is 18.0 Å². The van der Waals surface area contributed by atoms with Crippen LogP contribution in [0, 0.1) is 0 Å². The number of thiophene rings is 1. The van der Waals surface area contributed by atoms with Gasteiger partial charge in [0.1, 0.15) is 0 Å². The van der Waals surface area contributed by atoms with Gasteiger partial charge in [0.05, 0.1) is 11.0 Å². The predicted molar refractivity (Wildman–Crippen MR) is 101 cm³/mol. The van der Waals surface area contributed by atoms with Crippen molar-refractivity contribution < 1.29 is 18.0 Å². The van der Waals surface area contributed by atoms with E-state index in [1.54, 1.807) is 29.9 Å². The van der Waals surface area contributed by atoms with Crippen molar-refractivity contribution in [3.63, 3.8) is 0 Å². The molecule has 0 unspecified atom stereocenters. The van der Waals surface area contributed by atoms with Crippen molar-refractivity contribution >= 4 is 38.9 Å². The number of benzene rings is 1. The van der Waals surface area contributed by atoms with Gasteiger partial charge in [-0.3, -0.25) is 14.8 Å². The molecule has 4 rings (SSSR count). The molecule has 0 fully saturated rings. The minimum atomic E-state index is -4.68. The number of rotatable bonds is 3. The molecule has 0 amide bonds. The predicted octanol–water partition coefficient (Wildman–Crippen LogP) is 5.60. The average Bonchev–Trinajstić information content (AvgIpc) is 3.19. The molecule has 0 atom stereocenters. The molecule has 3 nitrogen and oxygen atoms in total. The van der Waals surface area contributed by atoms with Crippen LogP contribution >= 0.6 is 11.3 Å². The number of hydrogen-bond donors (Lipinski definition) is 0. The first kappa shape index (κ1) is 19.0. The number of carbonyl (C=O) groups excluding carboxylic acids is 1. The van der Waals surface area contributed by atoms with E-state index in [0.29, 0.717) is 0 Å². The highest BCUT2D eigenvalue weighted by Crippen LogP contribution is 2.21. The first-order valence-electron chi connectivity index (χ1n) is 8.16. The van der Waals surface area contributed by atoms with E-state index in [1.807, 2.05) is 12.1 Å². The first-order chi connectivity index (χ1) is 12.9. The summed E-state index contributed by atoms with van der Waals surface area (Å²) in [5, 5.41) is 4.05. The fourth-order valence-corrected chi connectivity index (χ4v) is 3.22. The fraction of sp³-hybridized carbons (Fsp3) is 0.150. The maximum Gasteiger partial charge on any atom is 0.449 e. The summed E-state index contributed by atoms with van der Waals surface area (Å²) in [6.45, 7) is 0. The van der Waals surface area contributed by atoms with E-state index in [-0.39, 0.29) is 6.42 Å². The van der Waals surface area contributed by atoms with E-state index in [4.69, 9.17) is 0 Å². The third-order valence-corrected chi connectivity index (χ3v) is 4.78. The van der Waals surface area contributed by atoms with Gasteiger partial charge in [-0.2, -0.15) is 13.2 Å². The van der Waals surface area contributed by atoms with Gasteiger partial charge < -0.3 is 0 Å². The first-order valence-corrected chi connectivity index (χ1v) is 9.04. The lowest BCUT2D eigenvalue weighted by molar-refractivity contribution is -0.170. The lowest BCUT2D eigenvalue weighted by Gasteiger charge is -2.02. The van der Waals surface area contributed by atoms with Crippen molar-refractivity contribution in [3.8, 4) is 0 Å². The SMILES string of the molecule is O=C(CCc1cccs1)C(F)(F)F.c1cnc2c(c1)ccc1cccnc12. The molecule has 7 heteroatoms. The second kappa shape index (κ2) is 8.26. The van der Waals surface area contributed by atoms with Gasteiger partial charge in [0.15, 0.2) is 0 Å². The summed E-state index contributed by atoms with van der Waals surface area (Å²) in [5.41, 5.74) is 1.95. The molecule has 27 heavy (non-hydrogen) atoms. The van der Waals surface area contributed by atoms with Crippen molar-refractivity contribution in [2.24, 2.45) is 0 Å². The topological polar surface area (TPSA) is 42.9 Å². The van der Waals surface area contributed by atoms with Crippen LogP contribution in [-0.4, -0.2) is 21.9 Å². The zero-order valence-corrected chi connectivity index (χ0v) is 14.9. The van der Waals surface area contributed by atoms with Crippen LogP contribution in [0.5, 0.6) is 0 Å². The summed E-state index contributed by atoms with van der Waals surface area (Å²) in [4.78, 5) is 19.9. The lowest BCUT2D eigenvalue weighted by Crippen LogP contribution is -2.22. The number of fused-ring (bicyclic) bond motifs is 3. The molecule has 0 saturated carbocycles. The summed E-state index contributed by atoms with van der Waals surface area (Å²) >= 11 is 1.36. The standard InChI is InChI=1S/C12H8N2.C8H7F3OS/c1-3-9-5-6-10-4-2-8-14-12(10)11(9)13-7-1;9-8(10,11)7(12)4-3-6-2-1-5-13-6/h1-8H;1-2,5H,3-4H2. The lowest BCUT2D eigenvalue weighted by atomic mass is 10.1. The number of carbonyl (C=O) groups is 1. The van der Waals surface area contributed by atoms with Crippen molar-refractivity contribution in [2.45, 2.75) is 19.0 Å². The van der Waals surface area contributed by atoms with Gasteiger partial charge in [-0.1, -0.05) is 30.3 Å². The monoisotopic (exact) mass is 388 g/mol. The van der Waals surface area contributed by atoms with Crippen molar-refractivity contribution in [2.75, 3.05) is 0 Å². The molecular formula is C20H15F3N2OS. The summed E-state index contributed by atoms with van der Waals surface area (Å²) in [6.07, 6.45) is -1.36. The molecule has 0 radical (unpaired) electrons. The molecule has 0 aliphatic heterocycles. The number of aryl methyl sites for hydroxylation is 1. The van der Waals surface area contributed by atoms with Crippen molar-refractivity contribution in [3.05, 3.63) is 71.2 Å². The van der Waals surface area contributed by atoms with Gasteiger partial charge in [-0.05, 0) is 30.0 Å². The van der Waals surface area contributed by atoms with Crippen LogP contribution in [0.15, 0.2) is 66.3 Å². The zero-order chi connectivity index (χ0) is 19.3. The highest BCUT2D eigenvalue weighted by Gasteiger charge is 2.37. The highest BCUT2D eigenvalue weighted by atomic mass is 32.1. The van der Waals surface area contributed by atoms with Gasteiger partial charge in [-0.15, -0.1) is 11.3 Å². The van der Waals surface area contributed by atoms with E-state index in [0.717, 1.165) is 26.7 Å². The van der Waals surface area contributed by atoms with Crippen LogP contribution < -0.4 is 0 Å². The molecule has 0 spiro atoms. The quantitative estimate of drug-likeness (QED) is 0.429. The molecule has 0 N–H and O–H groups in total. The molecule has 3 aromatic heterocycles. The van der Waals surface area contributed by atoms with E-state index >= 15 is 0 Å². The second-order valence-corrected chi connectivity index (χ2v) is 6.75. The normalized spacial score (nSPS) is 11.2. The number of pyridine rings is 2. The minimum Gasteiger partial charge on any atom is -0.290 e. The Bertz CT molecular complexity index is 991. The third-order valence-electron chi connectivity index (χ3n) is 3.84. The Morgan fingerprint density at radius 3 is 1.96 bits per heavy atom. The van der Waals surface area contributed by atoms with Gasteiger partial charge in [0.2, 0.25) is 5.78 Å². The average molecular weight is 388 g/mol. The fourth-order valence-electron chi connectivity index (χ4n) is 2.51. The van der Waals surface area contributed by atoms with Crippen LogP contribution in [0.4, 0.5) is 13.2 Å². The smallest absolute Gasteiger partial charge is 0.290 e. The number of alkyl halides is 3. The highest BCUT2D eigenvalue weighted by molar-refractivity contribution is 7.09. The largest absolute Gasteiger partial charge is 0.449 e. The van der Waals surface area contributed by atoms with Crippen molar-refractivity contribution in [1.82, 2.24) is 9.97 Å². The molecule has 3 heterocycles. The van der Waals surface area contributed by atoms with Crippen LogP contribution in [0.1, 0.15) is 11.3 Å². The van der Waals surface area contributed by atoms with Crippen LogP contribution in [0.3, 0.4) is 0 Å². The Morgan fingerprint density at radius 1 is 0.889 bits per heavy atom. The van der Waals surface area contributed by atoms with Gasteiger partial charge in [0.25, 0.3) is 0 Å². The molecule has 0 aliphatic carbocycles. The van der Waals surface area contributed by atoms with Crippen LogP contribution in [0.2, 0.25) is 0 Å². The number of ketones is 1. The Balaban J connectivity index is 0.000000157. The second-order valence-electron chi connectivity index (χ2n) is 5.72. The number of nitrogens with zero attached hydrogens (tertiary/aromatic N) is 2. The molecule has 0 bridgehead atoms. The molecule has 0 saturated heterocycles. The number of halogens is 3. The van der Waals surface area contributed by atoms with E-state index in [1.165, 1.54) is 11.3 Å². The zero-order valence-electron chi connectivity index (χ0n) is 14.1. The molecule has 4 aromatic rings. The molecular weight excluding hydrogens is 373 g/mol. The van der Waals surface area contributed by atoms with Crippen LogP contribution in [0.25, 0.3) is 21.8 Å². The van der Waals surface area contributed by atoms with Gasteiger partial charge in [0, 0.05) is 34.5 Å². The minimum absolute atomic E-state index is 0.177. The number of aromatic nitrogens is 2. The summed E-state index contributed by atoms with van der Waals surface area (Å²) in [5.74, 6) is -1.65. The van der Waals surface area contributed by atoms with Gasteiger partial charge >= 0.3 is 6.18 Å². The van der Waals surface area contributed by atoms with E-state index < -0.39 is 18.4 Å². The Hall–Kier alpha value is -2.80. The molecule has 1 aromatic carbocycles. The maximum absolute atomic E-state index is 11.7. The van der Waals surface area contributed by atoms with Crippen molar-refractivity contribution in [1.29, 1.82) is 0 Å². The number of Topliss-reactive ketones (excluding diaryl/α,β-unsaturated/α-hetero) is 1. The maximum atomic E-state index is 11.7. The number of hydrogen-bond acceptors (Lipinski definition) is 4. The Labute approximate surface area is 157 Å². The van der Waals surface area contributed by atoms with Crippen LogP contribution in [-0.2, 0) is 11.2 Å². The molecule has 0 aliphatic rings. The summed E-state index contributed by atoms with van der Waals surface area (Å²) in [6, 6.07) is 15.6. The third kappa shape index (κ3) is 4.89. The van der Waals surface area contributed by atoms with E-state index in [2.05, 4.69) is 34.2 Å². The van der Waals surface area contributed by atoms with Gasteiger partial charge in [-0.25, -0.2) is 0 Å². The Kier molecular flexibility index (Phi) is 5.81. The summed E-state index contributed by atoms with van der Waals surface area (Å²) < 4.78 is 35.2. The Morgan fingerprint density at radius 2 is 1.48 bits per heavy atom.